The van der Waals surface area contributed by atoms with Gasteiger partial charge in [-0.25, -0.2) is 0 Å². The first-order valence-electron chi connectivity index (χ1n) is 6.47. The molecule has 1 aromatic carbocycles. The summed E-state index contributed by atoms with van der Waals surface area (Å²) in [5.41, 5.74) is 2.71. The molecule has 0 amide bonds. The monoisotopic (exact) mass is 311 g/mol. The van der Waals surface area contributed by atoms with Crippen LogP contribution >= 0.6 is 15.9 Å². The highest BCUT2D eigenvalue weighted by atomic mass is 79.9. The second-order valence-corrected chi connectivity index (χ2v) is 5.98. The van der Waals surface area contributed by atoms with E-state index in [0.717, 1.165) is 30.7 Å². The molecular weight excluding hydrogens is 290 g/mol. The number of hydrogen-bond donors (Lipinski definition) is 1. The maximum Gasteiger partial charge on any atom is 0.0397 e. The lowest BCUT2D eigenvalue weighted by Crippen LogP contribution is -2.54. The molecule has 3 nitrogen and oxygen atoms in total. The Morgan fingerprint density at radius 3 is 2.83 bits per heavy atom. The van der Waals surface area contributed by atoms with E-state index < -0.39 is 0 Å². The Hall–Kier alpha value is -0.580. The minimum Gasteiger partial charge on any atom is -0.368 e. The largest absolute Gasteiger partial charge is 0.368 e. The van der Waals surface area contributed by atoms with Gasteiger partial charge in [0.25, 0.3) is 0 Å². The fourth-order valence-electron chi connectivity index (χ4n) is 2.59. The summed E-state index contributed by atoms with van der Waals surface area (Å²) in [6, 6.07) is 7.14. The van der Waals surface area contributed by atoms with E-state index in [1.165, 1.54) is 11.3 Å². The summed E-state index contributed by atoms with van der Waals surface area (Å²) >= 11 is 3.53. The molecule has 1 N–H and O–H groups in total. The number of nitrogens with one attached hydrogen (secondary N) is 1. The van der Waals surface area contributed by atoms with Gasteiger partial charge in [0.1, 0.15) is 0 Å². The molecule has 0 saturated carbocycles. The van der Waals surface area contributed by atoms with Crippen molar-refractivity contribution in [3.63, 3.8) is 0 Å². The van der Waals surface area contributed by atoms with Gasteiger partial charge in [0, 0.05) is 42.4 Å². The number of likely N-dealkylation sites (N-methyl/N-ethyl adjacent to an activating group) is 2. The van der Waals surface area contributed by atoms with Gasteiger partial charge in [-0.3, -0.25) is 4.90 Å². The fourth-order valence-corrected chi connectivity index (χ4v) is 3.07. The third-order valence-corrected chi connectivity index (χ3v) is 4.21. The van der Waals surface area contributed by atoms with Crippen LogP contribution in [0.15, 0.2) is 22.7 Å². The number of halogens is 1. The minimum absolute atomic E-state index is 0.590. The molecule has 1 aliphatic rings. The average molecular weight is 312 g/mol. The smallest absolute Gasteiger partial charge is 0.0397 e. The normalized spacial score (nSPS) is 21.3. The minimum atomic E-state index is 0.590. The first-order valence-corrected chi connectivity index (χ1v) is 7.27. The third-order valence-electron chi connectivity index (χ3n) is 3.72. The SMILES string of the molecule is CNCC1CN(c2ccc(Br)cc2C)CCN1C. The molecule has 0 radical (unpaired) electrons. The van der Waals surface area contributed by atoms with Crippen LogP contribution in [0.25, 0.3) is 0 Å². The van der Waals surface area contributed by atoms with Crippen molar-refractivity contribution in [2.75, 3.05) is 45.2 Å². The zero-order valence-electron chi connectivity index (χ0n) is 11.4. The van der Waals surface area contributed by atoms with Crippen LogP contribution < -0.4 is 10.2 Å². The molecule has 0 aliphatic carbocycles. The number of hydrogen-bond acceptors (Lipinski definition) is 3. The van der Waals surface area contributed by atoms with Crippen LogP contribution in [0, 0.1) is 6.92 Å². The molecule has 18 heavy (non-hydrogen) atoms. The Morgan fingerprint density at radius 1 is 1.39 bits per heavy atom. The summed E-state index contributed by atoms with van der Waals surface area (Å²) in [7, 11) is 4.24. The number of anilines is 1. The van der Waals surface area contributed by atoms with Gasteiger partial charge < -0.3 is 10.2 Å². The number of rotatable bonds is 3. The van der Waals surface area contributed by atoms with Gasteiger partial charge in [0.05, 0.1) is 0 Å². The highest BCUT2D eigenvalue weighted by Crippen LogP contribution is 2.25. The molecule has 1 aromatic rings. The van der Waals surface area contributed by atoms with Crippen LogP contribution in [0.2, 0.25) is 0 Å². The predicted octanol–water partition coefficient (Wildman–Crippen LogP) is 2.10. The van der Waals surface area contributed by atoms with Gasteiger partial charge in [-0.15, -0.1) is 0 Å². The summed E-state index contributed by atoms with van der Waals surface area (Å²) in [6.07, 6.45) is 0. The number of benzene rings is 1. The Kier molecular flexibility index (Phi) is 4.65. The van der Waals surface area contributed by atoms with Crippen LogP contribution in [0.1, 0.15) is 5.56 Å². The third kappa shape index (κ3) is 3.05. The standard InChI is InChI=1S/C14H22BrN3/c1-11-8-12(15)4-5-14(11)18-7-6-17(3)13(10-18)9-16-2/h4-5,8,13,16H,6-7,9-10H2,1-3H3. The number of nitrogens with zero attached hydrogens (tertiary/aromatic N) is 2. The summed E-state index contributed by atoms with van der Waals surface area (Å²) in [4.78, 5) is 4.95. The Balaban J connectivity index is 2.13. The molecule has 0 spiro atoms. The fraction of sp³-hybridized carbons (Fsp3) is 0.571. The second kappa shape index (κ2) is 6.04. The second-order valence-electron chi connectivity index (χ2n) is 5.07. The van der Waals surface area contributed by atoms with E-state index in [1.807, 2.05) is 7.05 Å². The Bertz CT molecular complexity index is 408. The van der Waals surface area contributed by atoms with Gasteiger partial charge in [-0.1, -0.05) is 15.9 Å². The van der Waals surface area contributed by atoms with Crippen molar-refractivity contribution in [2.45, 2.75) is 13.0 Å². The molecule has 0 bridgehead atoms. The van der Waals surface area contributed by atoms with E-state index in [0.29, 0.717) is 6.04 Å². The summed E-state index contributed by atoms with van der Waals surface area (Å²) in [5.74, 6) is 0. The average Bonchev–Trinajstić information content (AvgIpc) is 2.33. The molecule has 1 fully saturated rings. The molecule has 1 saturated heterocycles. The first kappa shape index (κ1) is 13.8. The zero-order chi connectivity index (χ0) is 13.1. The molecule has 4 heteroatoms. The molecule has 1 aliphatic heterocycles. The zero-order valence-corrected chi connectivity index (χ0v) is 13.0. The van der Waals surface area contributed by atoms with Crippen molar-refractivity contribution in [3.05, 3.63) is 28.2 Å². The lowest BCUT2D eigenvalue weighted by atomic mass is 10.1. The summed E-state index contributed by atoms with van der Waals surface area (Å²) < 4.78 is 1.16. The van der Waals surface area contributed by atoms with Crippen LogP contribution in [0.3, 0.4) is 0 Å². The van der Waals surface area contributed by atoms with Gasteiger partial charge in [-0.05, 0) is 44.8 Å². The van der Waals surface area contributed by atoms with Crippen molar-refractivity contribution in [3.8, 4) is 0 Å². The lowest BCUT2D eigenvalue weighted by Gasteiger charge is -2.41. The van der Waals surface area contributed by atoms with E-state index >= 15 is 0 Å². The topological polar surface area (TPSA) is 18.5 Å². The molecule has 100 valence electrons. The van der Waals surface area contributed by atoms with Gasteiger partial charge in [0.15, 0.2) is 0 Å². The molecule has 1 heterocycles. The van der Waals surface area contributed by atoms with E-state index in [9.17, 15) is 0 Å². The molecule has 1 unspecified atom stereocenters. The van der Waals surface area contributed by atoms with E-state index in [4.69, 9.17) is 0 Å². The summed E-state index contributed by atoms with van der Waals surface area (Å²) in [6.45, 7) is 6.56. The van der Waals surface area contributed by atoms with E-state index in [-0.39, 0.29) is 0 Å². The summed E-state index contributed by atoms with van der Waals surface area (Å²) in [5, 5.41) is 3.29. The number of piperazine rings is 1. The lowest BCUT2D eigenvalue weighted by molar-refractivity contribution is 0.216. The molecule has 0 aromatic heterocycles. The van der Waals surface area contributed by atoms with Crippen LogP contribution in [0.5, 0.6) is 0 Å². The first-order chi connectivity index (χ1) is 8.61. The van der Waals surface area contributed by atoms with E-state index in [2.05, 4.69) is 63.2 Å². The van der Waals surface area contributed by atoms with Crippen LogP contribution in [-0.2, 0) is 0 Å². The highest BCUT2D eigenvalue weighted by molar-refractivity contribution is 9.10. The van der Waals surface area contributed by atoms with Gasteiger partial charge in [-0.2, -0.15) is 0 Å². The van der Waals surface area contributed by atoms with Crippen molar-refractivity contribution >= 4 is 21.6 Å². The van der Waals surface area contributed by atoms with Crippen molar-refractivity contribution in [2.24, 2.45) is 0 Å². The Labute approximate surface area is 118 Å². The quantitative estimate of drug-likeness (QED) is 0.922. The Morgan fingerprint density at radius 2 is 2.17 bits per heavy atom. The van der Waals surface area contributed by atoms with Gasteiger partial charge >= 0.3 is 0 Å². The van der Waals surface area contributed by atoms with Crippen LogP contribution in [-0.4, -0.2) is 51.2 Å². The van der Waals surface area contributed by atoms with Gasteiger partial charge in [0.2, 0.25) is 0 Å². The molecule has 1 atom stereocenters. The highest BCUT2D eigenvalue weighted by Gasteiger charge is 2.24. The maximum absolute atomic E-state index is 3.53. The van der Waals surface area contributed by atoms with Crippen molar-refractivity contribution in [1.82, 2.24) is 10.2 Å². The molecular formula is C14H22BrN3. The maximum atomic E-state index is 3.53. The van der Waals surface area contributed by atoms with Crippen molar-refractivity contribution < 1.29 is 0 Å². The number of aryl methyl sites for hydroxylation is 1. The van der Waals surface area contributed by atoms with Crippen molar-refractivity contribution in [1.29, 1.82) is 0 Å². The van der Waals surface area contributed by atoms with E-state index in [1.54, 1.807) is 0 Å². The van der Waals surface area contributed by atoms with Crippen LogP contribution in [0.4, 0.5) is 5.69 Å². The molecule has 2 rings (SSSR count). The predicted molar refractivity (Wildman–Crippen MR) is 81.4 cm³/mol.